The summed E-state index contributed by atoms with van der Waals surface area (Å²) in [5, 5.41) is 9.52. The number of carbonyl (C=O) groups is 3. The van der Waals surface area contributed by atoms with Crippen LogP contribution in [0.25, 0.3) is 0 Å². The highest BCUT2D eigenvalue weighted by Crippen LogP contribution is 2.68. The highest BCUT2D eigenvalue weighted by Gasteiger charge is 2.76. The minimum absolute atomic E-state index is 0.0418. The van der Waals surface area contributed by atoms with Gasteiger partial charge in [-0.3, -0.25) is 14.4 Å². The number of fused-ring (bicyclic) bond motifs is 1. The lowest BCUT2D eigenvalue weighted by Gasteiger charge is -2.38. The fourth-order valence-electron chi connectivity index (χ4n) is 7.17. The molecule has 0 aliphatic carbocycles. The van der Waals surface area contributed by atoms with Gasteiger partial charge in [0.25, 0.3) is 5.91 Å². The number of rotatable bonds is 14. The number of anilines is 2. The summed E-state index contributed by atoms with van der Waals surface area (Å²) in [6.07, 6.45) is 7.01. The number of amides is 3. The Bertz CT molecular complexity index is 1400. The number of thioether (sulfide) groups is 1. The third kappa shape index (κ3) is 5.88. The molecule has 3 aliphatic rings. The van der Waals surface area contributed by atoms with Gasteiger partial charge < -0.3 is 19.8 Å². The second-order valence-electron chi connectivity index (χ2n) is 11.6. The predicted octanol–water partition coefficient (Wildman–Crippen LogP) is 6.10. The fraction of sp³-hybridized carbons (Fsp3) is 0.441. The highest BCUT2D eigenvalue weighted by molar-refractivity contribution is 9.09. The fourth-order valence-corrected chi connectivity index (χ4v) is 11.0. The van der Waals surface area contributed by atoms with Crippen molar-refractivity contribution in [3.05, 3.63) is 84.9 Å². The van der Waals surface area contributed by atoms with Gasteiger partial charge in [0.2, 0.25) is 11.8 Å². The lowest BCUT2D eigenvalue weighted by molar-refractivity contribution is -0.139. The molecule has 5 rings (SSSR count). The molecule has 6 atom stereocenters. The molecule has 234 valence electrons. The third-order valence-corrected chi connectivity index (χ3v) is 12.5. The second-order valence-corrected chi connectivity index (χ2v) is 14.7. The number of benzene rings is 2. The summed E-state index contributed by atoms with van der Waals surface area (Å²) in [5.41, 5.74) is 1.32. The first-order chi connectivity index (χ1) is 21.3. The smallest absolute Gasteiger partial charge is 0.251 e. The van der Waals surface area contributed by atoms with E-state index in [1.165, 1.54) is 0 Å². The number of likely N-dealkylation sites (tertiary alicyclic amines) is 1. The molecular weight excluding hydrogens is 662 g/mol. The van der Waals surface area contributed by atoms with Gasteiger partial charge in [0.05, 0.1) is 27.3 Å². The van der Waals surface area contributed by atoms with Crippen molar-refractivity contribution in [3.8, 4) is 0 Å². The Balaban J connectivity index is 1.56. The molecule has 2 bridgehead atoms. The summed E-state index contributed by atoms with van der Waals surface area (Å²) < 4.78 is -0.782. The molecule has 3 amide bonds. The van der Waals surface area contributed by atoms with E-state index in [-0.39, 0.29) is 41.0 Å². The summed E-state index contributed by atoms with van der Waals surface area (Å²) in [6, 6.07) is 15.9. The van der Waals surface area contributed by atoms with E-state index in [0.29, 0.717) is 43.1 Å². The van der Waals surface area contributed by atoms with E-state index in [4.69, 9.17) is 11.6 Å². The highest BCUT2D eigenvalue weighted by atomic mass is 79.9. The zero-order chi connectivity index (χ0) is 31.4. The summed E-state index contributed by atoms with van der Waals surface area (Å²) in [4.78, 5) is 48.9. The lowest BCUT2D eigenvalue weighted by Crippen LogP contribution is -2.56. The van der Waals surface area contributed by atoms with Crippen LogP contribution < -0.4 is 9.80 Å². The normalized spacial score (nSPS) is 26.8. The molecule has 3 heterocycles. The summed E-state index contributed by atoms with van der Waals surface area (Å²) in [7, 11) is 0. The van der Waals surface area contributed by atoms with Crippen molar-refractivity contribution in [2.24, 2.45) is 11.8 Å². The van der Waals surface area contributed by atoms with Crippen molar-refractivity contribution in [1.29, 1.82) is 0 Å². The zero-order valence-corrected chi connectivity index (χ0v) is 27.9. The molecule has 3 unspecified atom stereocenters. The molecule has 3 aliphatic heterocycles. The molecule has 3 fully saturated rings. The molecule has 0 aromatic heterocycles. The number of carbonyl (C=O) groups excluding carboxylic acids is 3. The Hall–Kier alpha value is -2.59. The summed E-state index contributed by atoms with van der Waals surface area (Å²) >= 11 is 12.1. The van der Waals surface area contributed by atoms with Gasteiger partial charge in [-0.05, 0) is 43.5 Å². The van der Waals surface area contributed by atoms with Gasteiger partial charge in [-0.1, -0.05) is 82.9 Å². The van der Waals surface area contributed by atoms with Gasteiger partial charge in [-0.2, -0.15) is 0 Å². The van der Waals surface area contributed by atoms with E-state index >= 15 is 0 Å². The Morgan fingerprint density at radius 1 is 1.00 bits per heavy atom. The van der Waals surface area contributed by atoms with Gasteiger partial charge in [-0.25, -0.2) is 0 Å². The molecular formula is C34H39BrClN3O4S. The van der Waals surface area contributed by atoms with Crippen molar-refractivity contribution >= 4 is 68.4 Å². The van der Waals surface area contributed by atoms with Crippen LogP contribution in [0.4, 0.5) is 11.4 Å². The van der Waals surface area contributed by atoms with Crippen molar-refractivity contribution in [2.45, 2.75) is 53.0 Å². The number of unbranched alkanes of at least 4 members (excludes halogenated alkanes) is 3. The molecule has 2 aromatic rings. The number of alkyl halides is 1. The van der Waals surface area contributed by atoms with E-state index in [9.17, 15) is 19.5 Å². The molecule has 0 saturated carbocycles. The van der Waals surface area contributed by atoms with Gasteiger partial charge in [0.15, 0.2) is 0 Å². The van der Waals surface area contributed by atoms with Crippen LogP contribution in [-0.2, 0) is 14.4 Å². The van der Waals surface area contributed by atoms with Crippen LogP contribution in [0.15, 0.2) is 79.9 Å². The van der Waals surface area contributed by atoms with Crippen LogP contribution in [0.2, 0.25) is 5.02 Å². The molecule has 44 heavy (non-hydrogen) atoms. The Morgan fingerprint density at radius 3 is 2.34 bits per heavy atom. The summed E-state index contributed by atoms with van der Waals surface area (Å²) in [5.74, 6) is -1.71. The number of aliphatic hydroxyl groups is 1. The quantitative estimate of drug-likeness (QED) is 0.147. The zero-order valence-electron chi connectivity index (χ0n) is 24.7. The summed E-state index contributed by atoms with van der Waals surface area (Å²) in [6.45, 7) is 8.85. The minimum atomic E-state index is -0.782. The van der Waals surface area contributed by atoms with Gasteiger partial charge >= 0.3 is 0 Å². The third-order valence-electron chi connectivity index (χ3n) is 8.98. The molecule has 1 spiro atoms. The number of halogens is 2. The van der Waals surface area contributed by atoms with Gasteiger partial charge in [0.1, 0.15) is 6.04 Å². The predicted molar refractivity (Wildman–Crippen MR) is 182 cm³/mol. The van der Waals surface area contributed by atoms with E-state index in [1.807, 2.05) is 42.5 Å². The molecule has 2 aromatic carbocycles. The van der Waals surface area contributed by atoms with Crippen LogP contribution in [0, 0.1) is 11.8 Å². The first-order valence-corrected chi connectivity index (χ1v) is 17.4. The first-order valence-electron chi connectivity index (χ1n) is 15.2. The van der Waals surface area contributed by atoms with Gasteiger partial charge in [-0.15, -0.1) is 24.9 Å². The van der Waals surface area contributed by atoms with E-state index in [0.717, 1.165) is 18.5 Å². The van der Waals surface area contributed by atoms with Crippen LogP contribution >= 0.6 is 39.3 Å². The number of para-hydroxylation sites is 2. The lowest BCUT2D eigenvalue weighted by atomic mass is 9.70. The maximum Gasteiger partial charge on any atom is 0.251 e. The second kappa shape index (κ2) is 14.2. The molecule has 1 N–H and O–H groups in total. The average molecular weight is 701 g/mol. The largest absolute Gasteiger partial charge is 0.396 e. The number of hydrogen-bond donors (Lipinski definition) is 1. The maximum absolute atomic E-state index is 14.8. The van der Waals surface area contributed by atoms with Crippen molar-refractivity contribution < 1.29 is 19.5 Å². The van der Waals surface area contributed by atoms with E-state index < -0.39 is 22.6 Å². The Kier molecular flexibility index (Phi) is 10.6. The van der Waals surface area contributed by atoms with E-state index in [1.54, 1.807) is 50.7 Å². The maximum atomic E-state index is 14.8. The van der Waals surface area contributed by atoms with Crippen molar-refractivity contribution in [1.82, 2.24) is 4.90 Å². The first kappa shape index (κ1) is 32.8. The van der Waals surface area contributed by atoms with E-state index in [2.05, 4.69) is 29.1 Å². The Morgan fingerprint density at radius 2 is 1.66 bits per heavy atom. The average Bonchev–Trinajstić information content (AvgIpc) is 3.62. The van der Waals surface area contributed by atoms with Crippen LogP contribution in [0.3, 0.4) is 0 Å². The molecule has 0 radical (unpaired) electrons. The minimum Gasteiger partial charge on any atom is -0.396 e. The number of nitrogens with zero attached hydrogens (tertiary/aromatic N) is 3. The van der Waals surface area contributed by atoms with Crippen LogP contribution in [0.1, 0.15) is 32.1 Å². The standard InChI is InChI=1S/C34H39BrClN3O4S/c1-3-18-37(23-14-8-7-9-15-23)31(41)27-28-32(42)39(20-12-5-6-13-21-40)30(34(28)22-24(35)29(27)44-34)33(43)38(19-4-2)26-17-11-10-16-25(26)36/h3-4,7-11,14-17,24,27-30,40H,1-2,5-6,12-13,18-22H2/t24?,27-,28-,29-,30?,34?/m0/s1. The topological polar surface area (TPSA) is 81.2 Å². The van der Waals surface area contributed by atoms with Crippen LogP contribution in [0.5, 0.6) is 0 Å². The molecule has 7 nitrogen and oxygen atoms in total. The Labute approximate surface area is 277 Å². The van der Waals surface area contributed by atoms with Crippen molar-refractivity contribution in [3.63, 3.8) is 0 Å². The number of hydrogen-bond acceptors (Lipinski definition) is 5. The van der Waals surface area contributed by atoms with Gasteiger partial charge in [0, 0.05) is 42.0 Å². The monoisotopic (exact) mass is 699 g/mol. The number of aliphatic hydroxyl groups excluding tert-OH is 1. The molecule has 10 heteroatoms. The SMILES string of the molecule is C=CCN(C(=O)[C@H]1[C@H]2C(=O)N(CCCCCCO)C(C(=O)N(CC=C)c3ccccc3Cl)C23CC(Br)[C@@H]1S3)c1ccccc1. The van der Waals surface area contributed by atoms with Crippen LogP contribution in [-0.4, -0.2) is 74.8 Å². The molecule has 3 saturated heterocycles. The van der Waals surface area contributed by atoms with Crippen molar-refractivity contribution in [2.75, 3.05) is 36.0 Å².